The van der Waals surface area contributed by atoms with Gasteiger partial charge in [0.15, 0.2) is 11.6 Å². The zero-order valence-corrected chi connectivity index (χ0v) is 10.9. The van der Waals surface area contributed by atoms with Gasteiger partial charge in [0.2, 0.25) is 0 Å². The Morgan fingerprint density at radius 2 is 2.00 bits per heavy atom. The summed E-state index contributed by atoms with van der Waals surface area (Å²) in [6.07, 6.45) is 2.94. The standard InChI is InChI=1S/C14H12F3N3O/c15-9-2-1-8(11(16)5-9)7-21-14-18-6-12(17)13(20-14)19-10-3-4-10/h1-2,5-6,10H,3-4,7H2,(H,18,19,20). The van der Waals surface area contributed by atoms with Crippen LogP contribution in [0.1, 0.15) is 18.4 Å². The topological polar surface area (TPSA) is 47.0 Å². The summed E-state index contributed by atoms with van der Waals surface area (Å²) in [5.74, 6) is -1.87. The van der Waals surface area contributed by atoms with Crippen LogP contribution < -0.4 is 10.1 Å². The fraction of sp³-hybridized carbons (Fsp3) is 0.286. The Morgan fingerprint density at radius 1 is 1.19 bits per heavy atom. The molecule has 1 fully saturated rings. The molecule has 0 aliphatic heterocycles. The molecule has 1 heterocycles. The molecule has 0 atom stereocenters. The van der Waals surface area contributed by atoms with Gasteiger partial charge < -0.3 is 10.1 Å². The molecule has 0 spiro atoms. The third-order valence-electron chi connectivity index (χ3n) is 3.01. The first-order chi connectivity index (χ1) is 10.1. The van der Waals surface area contributed by atoms with Crippen LogP contribution in [-0.2, 0) is 6.61 Å². The van der Waals surface area contributed by atoms with Gasteiger partial charge in [0.1, 0.15) is 18.2 Å². The van der Waals surface area contributed by atoms with Crippen molar-refractivity contribution in [1.82, 2.24) is 9.97 Å². The number of aromatic nitrogens is 2. The number of ether oxygens (including phenoxy) is 1. The fourth-order valence-electron chi connectivity index (χ4n) is 1.72. The zero-order chi connectivity index (χ0) is 14.8. The lowest BCUT2D eigenvalue weighted by molar-refractivity contribution is 0.274. The van der Waals surface area contributed by atoms with Crippen LogP contribution in [-0.4, -0.2) is 16.0 Å². The van der Waals surface area contributed by atoms with Crippen LogP contribution in [0.5, 0.6) is 6.01 Å². The van der Waals surface area contributed by atoms with Gasteiger partial charge in [0.25, 0.3) is 0 Å². The molecule has 2 aromatic rings. The van der Waals surface area contributed by atoms with Crippen LogP contribution in [0.3, 0.4) is 0 Å². The Balaban J connectivity index is 1.69. The molecule has 0 unspecified atom stereocenters. The molecule has 1 aliphatic rings. The molecule has 7 heteroatoms. The highest BCUT2D eigenvalue weighted by atomic mass is 19.1. The predicted octanol–water partition coefficient (Wildman–Crippen LogP) is 3.05. The largest absolute Gasteiger partial charge is 0.458 e. The smallest absolute Gasteiger partial charge is 0.318 e. The maximum atomic E-state index is 13.5. The van der Waals surface area contributed by atoms with Gasteiger partial charge in [-0.25, -0.2) is 18.2 Å². The van der Waals surface area contributed by atoms with Crippen LogP contribution in [0.25, 0.3) is 0 Å². The highest BCUT2D eigenvalue weighted by molar-refractivity contribution is 5.38. The van der Waals surface area contributed by atoms with E-state index < -0.39 is 17.5 Å². The molecule has 110 valence electrons. The second-order valence-corrected chi connectivity index (χ2v) is 4.79. The van der Waals surface area contributed by atoms with Crippen molar-refractivity contribution in [1.29, 1.82) is 0 Å². The number of anilines is 1. The van der Waals surface area contributed by atoms with E-state index in [0.717, 1.165) is 31.2 Å². The van der Waals surface area contributed by atoms with Crippen LogP contribution >= 0.6 is 0 Å². The molecule has 1 saturated carbocycles. The van der Waals surface area contributed by atoms with Gasteiger partial charge in [-0.05, 0) is 25.0 Å². The average Bonchev–Trinajstić information content (AvgIpc) is 3.25. The van der Waals surface area contributed by atoms with Crippen molar-refractivity contribution in [2.24, 2.45) is 0 Å². The first-order valence-electron chi connectivity index (χ1n) is 6.47. The molecule has 0 bridgehead atoms. The summed E-state index contributed by atoms with van der Waals surface area (Å²) in [5, 5.41) is 2.91. The molecule has 0 radical (unpaired) electrons. The van der Waals surface area contributed by atoms with Crippen molar-refractivity contribution < 1.29 is 17.9 Å². The van der Waals surface area contributed by atoms with E-state index >= 15 is 0 Å². The molecule has 4 nitrogen and oxygen atoms in total. The number of benzene rings is 1. The number of hydrogen-bond acceptors (Lipinski definition) is 4. The van der Waals surface area contributed by atoms with E-state index in [1.165, 1.54) is 6.07 Å². The van der Waals surface area contributed by atoms with Crippen molar-refractivity contribution in [3.8, 4) is 6.01 Å². The number of nitrogens with one attached hydrogen (secondary N) is 1. The molecule has 21 heavy (non-hydrogen) atoms. The van der Waals surface area contributed by atoms with Crippen molar-refractivity contribution in [2.45, 2.75) is 25.5 Å². The highest BCUT2D eigenvalue weighted by Gasteiger charge is 2.23. The number of halogens is 3. The summed E-state index contributed by atoms with van der Waals surface area (Å²) in [4.78, 5) is 7.58. The van der Waals surface area contributed by atoms with Gasteiger partial charge in [-0.15, -0.1) is 0 Å². The third-order valence-corrected chi connectivity index (χ3v) is 3.01. The normalized spacial score (nSPS) is 14.0. The van der Waals surface area contributed by atoms with E-state index in [1.54, 1.807) is 0 Å². The van der Waals surface area contributed by atoms with E-state index in [9.17, 15) is 13.2 Å². The maximum absolute atomic E-state index is 13.5. The van der Waals surface area contributed by atoms with Gasteiger partial charge in [0, 0.05) is 17.7 Å². The number of rotatable bonds is 5. The first-order valence-corrected chi connectivity index (χ1v) is 6.47. The summed E-state index contributed by atoms with van der Waals surface area (Å²) < 4.78 is 44.9. The van der Waals surface area contributed by atoms with Crippen molar-refractivity contribution >= 4 is 5.82 Å². The molecule has 0 saturated heterocycles. The van der Waals surface area contributed by atoms with Crippen molar-refractivity contribution in [2.75, 3.05) is 5.32 Å². The quantitative estimate of drug-likeness (QED) is 0.921. The lowest BCUT2D eigenvalue weighted by Gasteiger charge is -2.08. The fourth-order valence-corrected chi connectivity index (χ4v) is 1.72. The predicted molar refractivity (Wildman–Crippen MR) is 69.3 cm³/mol. The SMILES string of the molecule is Fc1ccc(COc2ncc(F)c(NC3CC3)n2)c(F)c1. The van der Waals surface area contributed by atoms with Crippen LogP contribution in [0.15, 0.2) is 24.4 Å². The summed E-state index contributed by atoms with van der Waals surface area (Å²) in [6.45, 7) is -0.166. The Labute approximate surface area is 119 Å². The van der Waals surface area contributed by atoms with Crippen molar-refractivity contribution in [3.05, 3.63) is 47.4 Å². The zero-order valence-electron chi connectivity index (χ0n) is 10.9. The summed E-state index contributed by atoms with van der Waals surface area (Å²) in [5.41, 5.74) is 0.168. The highest BCUT2D eigenvalue weighted by Crippen LogP contribution is 2.25. The second kappa shape index (κ2) is 5.59. The summed E-state index contributed by atoms with van der Waals surface area (Å²) in [6, 6.07) is 3.34. The average molecular weight is 295 g/mol. The van der Waals surface area contributed by atoms with E-state index in [1.807, 2.05) is 0 Å². The number of hydrogen-bond donors (Lipinski definition) is 1. The maximum Gasteiger partial charge on any atom is 0.318 e. The molecule has 1 N–H and O–H groups in total. The minimum absolute atomic E-state index is 0.0664. The Bertz CT molecular complexity index is 662. The van der Waals surface area contributed by atoms with Crippen molar-refractivity contribution in [3.63, 3.8) is 0 Å². The summed E-state index contributed by atoms with van der Waals surface area (Å²) >= 11 is 0. The lowest BCUT2D eigenvalue weighted by atomic mass is 10.2. The van der Waals surface area contributed by atoms with Gasteiger partial charge in [0.05, 0.1) is 6.20 Å². The molecule has 1 aromatic heterocycles. The molecule has 3 rings (SSSR count). The van der Waals surface area contributed by atoms with E-state index in [0.29, 0.717) is 0 Å². The van der Waals surface area contributed by atoms with Crippen LogP contribution in [0, 0.1) is 17.5 Å². The molecule has 1 aromatic carbocycles. The van der Waals surface area contributed by atoms with Gasteiger partial charge >= 0.3 is 6.01 Å². The van der Waals surface area contributed by atoms with E-state index in [-0.39, 0.29) is 30.0 Å². The number of nitrogens with zero attached hydrogens (tertiary/aromatic N) is 2. The van der Waals surface area contributed by atoms with E-state index in [4.69, 9.17) is 4.74 Å². The third kappa shape index (κ3) is 3.42. The molecule has 1 aliphatic carbocycles. The second-order valence-electron chi connectivity index (χ2n) is 4.79. The first kappa shape index (κ1) is 13.7. The Hall–Kier alpha value is -2.31. The Kier molecular flexibility index (Phi) is 3.64. The van der Waals surface area contributed by atoms with Gasteiger partial charge in [-0.3, -0.25) is 0 Å². The van der Waals surface area contributed by atoms with Gasteiger partial charge in [-0.1, -0.05) is 0 Å². The van der Waals surface area contributed by atoms with Crippen LogP contribution in [0.2, 0.25) is 0 Å². The van der Waals surface area contributed by atoms with Crippen LogP contribution in [0.4, 0.5) is 19.0 Å². The minimum atomic E-state index is -0.714. The van der Waals surface area contributed by atoms with Gasteiger partial charge in [-0.2, -0.15) is 4.98 Å². The van der Waals surface area contributed by atoms with E-state index in [2.05, 4.69) is 15.3 Å². The molecule has 0 amide bonds. The monoisotopic (exact) mass is 295 g/mol. The lowest BCUT2D eigenvalue weighted by Crippen LogP contribution is -2.08. The minimum Gasteiger partial charge on any atom is -0.458 e. The Morgan fingerprint density at radius 3 is 2.71 bits per heavy atom. The summed E-state index contributed by atoms with van der Waals surface area (Å²) in [7, 11) is 0. The molecular formula is C14H12F3N3O. The molecular weight excluding hydrogens is 283 g/mol.